The summed E-state index contributed by atoms with van der Waals surface area (Å²) < 4.78 is 38.2. The van der Waals surface area contributed by atoms with Gasteiger partial charge in [-0.05, 0) is 54.8 Å². The number of rotatable bonds is 10. The van der Waals surface area contributed by atoms with Gasteiger partial charge in [0.15, 0.2) is 0 Å². The maximum absolute atomic E-state index is 12.4. The summed E-state index contributed by atoms with van der Waals surface area (Å²) >= 11 is 0.717. The number of amides is 1. The van der Waals surface area contributed by atoms with E-state index in [4.69, 9.17) is 9.47 Å². The first kappa shape index (κ1) is 25.9. The number of benzene rings is 2. The maximum atomic E-state index is 12.4. The van der Waals surface area contributed by atoms with Crippen molar-refractivity contribution in [3.05, 3.63) is 64.7 Å². The molecule has 0 radical (unpaired) electrons. The van der Waals surface area contributed by atoms with Crippen molar-refractivity contribution in [3.63, 3.8) is 0 Å². The van der Waals surface area contributed by atoms with Crippen molar-refractivity contribution in [2.45, 2.75) is 25.4 Å². The van der Waals surface area contributed by atoms with Crippen LogP contribution in [0.25, 0.3) is 6.08 Å². The second kappa shape index (κ2) is 11.6. The Bertz CT molecular complexity index is 1370. The van der Waals surface area contributed by atoms with Gasteiger partial charge in [0.25, 0.3) is 11.1 Å². The summed E-state index contributed by atoms with van der Waals surface area (Å²) in [6.07, 6.45) is 3.09. The third-order valence-corrected chi connectivity index (χ3v) is 6.48. The van der Waals surface area contributed by atoms with Crippen LogP contribution in [0.5, 0.6) is 11.5 Å². The van der Waals surface area contributed by atoms with E-state index in [0.717, 1.165) is 29.1 Å². The average Bonchev–Trinajstić information content (AvgIpc) is 3.30. The lowest BCUT2D eigenvalue weighted by Crippen LogP contribution is -2.13. The van der Waals surface area contributed by atoms with Crippen LogP contribution in [0.4, 0.5) is 5.13 Å². The molecule has 0 aliphatic heterocycles. The summed E-state index contributed by atoms with van der Waals surface area (Å²) in [4.78, 5) is 16.1. The largest absolute Gasteiger partial charge is 0.493 e. The van der Waals surface area contributed by atoms with E-state index in [0.29, 0.717) is 30.9 Å². The molecule has 0 saturated carbocycles. The number of hydrogen-bond donors (Lipinski definition) is 1. The number of carbonyl (C=O) groups is 1. The normalized spacial score (nSPS) is 11.5. The minimum Gasteiger partial charge on any atom is -0.493 e. The summed E-state index contributed by atoms with van der Waals surface area (Å²) in [6, 6.07) is 14.7. The molecule has 1 heterocycles. The Kier molecular flexibility index (Phi) is 8.57. The van der Waals surface area contributed by atoms with Crippen molar-refractivity contribution >= 4 is 38.5 Å². The van der Waals surface area contributed by atoms with Gasteiger partial charge in [0.05, 0.1) is 13.2 Å². The predicted octanol–water partition coefficient (Wildman–Crippen LogP) is 3.95. The lowest BCUT2D eigenvalue weighted by atomic mass is 10.1. The van der Waals surface area contributed by atoms with Crippen molar-refractivity contribution in [3.8, 4) is 17.6 Å². The number of aromatic nitrogens is 2. The standard InChI is InChI=1S/C24H24N4O5S2/c1-16-6-4-7-21(17(16)2)33-13-5-12-32-20-10-8-18(9-11-20)14-19(15-25)22(29)26-23-27-24(28-34-23)35(3,30)31/h4,6-11,14H,5,12-13H2,1-3H3,(H,26,27,28,29). The zero-order valence-corrected chi connectivity index (χ0v) is 21.1. The van der Waals surface area contributed by atoms with Crippen LogP contribution < -0.4 is 14.8 Å². The molecular formula is C24H24N4O5S2. The van der Waals surface area contributed by atoms with Crippen molar-refractivity contribution in [2.24, 2.45) is 0 Å². The molecule has 0 aliphatic carbocycles. The molecule has 0 bridgehead atoms. The van der Waals surface area contributed by atoms with Crippen molar-refractivity contribution < 1.29 is 22.7 Å². The number of hydrogen-bond acceptors (Lipinski definition) is 9. The smallest absolute Gasteiger partial charge is 0.268 e. The van der Waals surface area contributed by atoms with Gasteiger partial charge in [-0.25, -0.2) is 8.42 Å². The summed E-state index contributed by atoms with van der Waals surface area (Å²) in [5, 5.41) is 11.4. The molecule has 0 saturated heterocycles. The second-order valence-corrected chi connectivity index (χ2v) is 10.3. The highest BCUT2D eigenvalue weighted by Crippen LogP contribution is 2.21. The van der Waals surface area contributed by atoms with Gasteiger partial charge in [0, 0.05) is 24.2 Å². The van der Waals surface area contributed by atoms with E-state index in [1.54, 1.807) is 24.3 Å². The van der Waals surface area contributed by atoms with Crippen LogP contribution in [0.1, 0.15) is 23.1 Å². The van der Waals surface area contributed by atoms with Crippen LogP contribution >= 0.6 is 11.5 Å². The van der Waals surface area contributed by atoms with E-state index in [9.17, 15) is 18.5 Å². The number of aryl methyl sites for hydroxylation is 1. The number of nitrogens with zero attached hydrogens (tertiary/aromatic N) is 3. The molecule has 2 aromatic carbocycles. The van der Waals surface area contributed by atoms with Crippen molar-refractivity contribution in [1.82, 2.24) is 9.36 Å². The molecule has 182 valence electrons. The zero-order chi connectivity index (χ0) is 25.4. The molecule has 1 amide bonds. The van der Waals surface area contributed by atoms with Crippen LogP contribution in [0.15, 0.2) is 53.2 Å². The highest BCUT2D eigenvalue weighted by Gasteiger charge is 2.17. The molecule has 1 aromatic heterocycles. The molecule has 35 heavy (non-hydrogen) atoms. The van der Waals surface area contributed by atoms with Crippen LogP contribution in [0.2, 0.25) is 0 Å². The lowest BCUT2D eigenvalue weighted by molar-refractivity contribution is -0.112. The predicted molar refractivity (Wildman–Crippen MR) is 133 cm³/mol. The van der Waals surface area contributed by atoms with Crippen molar-refractivity contribution in [2.75, 3.05) is 24.8 Å². The molecule has 11 heteroatoms. The third-order valence-electron chi connectivity index (χ3n) is 4.89. The topological polar surface area (TPSA) is 131 Å². The molecule has 0 aliphatic rings. The fourth-order valence-corrected chi connectivity index (χ4v) is 4.30. The number of ether oxygens (including phenoxy) is 2. The van der Waals surface area contributed by atoms with Gasteiger partial charge in [-0.3, -0.25) is 10.1 Å². The first-order valence-corrected chi connectivity index (χ1v) is 13.2. The number of nitrogens with one attached hydrogen (secondary N) is 1. The fraction of sp³-hybridized carbons (Fsp3) is 0.250. The maximum Gasteiger partial charge on any atom is 0.268 e. The van der Waals surface area contributed by atoms with Gasteiger partial charge < -0.3 is 9.47 Å². The SMILES string of the molecule is Cc1cccc(OCCCOc2ccc(C=C(C#N)C(=O)Nc3nc(S(C)(=O)=O)ns3)cc2)c1C. The Labute approximate surface area is 208 Å². The van der Waals surface area contributed by atoms with E-state index < -0.39 is 15.7 Å². The minimum absolute atomic E-state index is 0.0122. The number of anilines is 1. The molecule has 0 atom stereocenters. The average molecular weight is 513 g/mol. The molecule has 9 nitrogen and oxygen atoms in total. The van der Waals surface area contributed by atoms with Gasteiger partial charge in [-0.15, -0.1) is 0 Å². The van der Waals surface area contributed by atoms with E-state index in [2.05, 4.69) is 14.7 Å². The first-order chi connectivity index (χ1) is 16.7. The summed E-state index contributed by atoms with van der Waals surface area (Å²) in [5.41, 5.74) is 2.77. The number of nitriles is 1. The monoisotopic (exact) mass is 512 g/mol. The molecular weight excluding hydrogens is 488 g/mol. The van der Waals surface area contributed by atoms with Crippen LogP contribution in [-0.2, 0) is 14.6 Å². The Morgan fingerprint density at radius 2 is 1.86 bits per heavy atom. The lowest BCUT2D eigenvalue weighted by Gasteiger charge is -2.11. The van der Waals surface area contributed by atoms with Gasteiger partial charge in [0.2, 0.25) is 15.0 Å². The highest BCUT2D eigenvalue weighted by atomic mass is 32.2. The first-order valence-electron chi connectivity index (χ1n) is 10.6. The van der Waals surface area contributed by atoms with Crippen molar-refractivity contribution in [1.29, 1.82) is 5.26 Å². The van der Waals surface area contributed by atoms with Crippen LogP contribution in [0.3, 0.4) is 0 Å². The Morgan fingerprint density at radius 1 is 1.14 bits per heavy atom. The van der Waals surface area contributed by atoms with E-state index in [1.807, 2.05) is 38.1 Å². The Balaban J connectivity index is 1.50. The van der Waals surface area contributed by atoms with Crippen LogP contribution in [0, 0.1) is 25.2 Å². The molecule has 3 rings (SSSR count). The second-order valence-electron chi connectivity index (χ2n) is 7.60. The zero-order valence-electron chi connectivity index (χ0n) is 19.4. The number of sulfone groups is 1. The van der Waals surface area contributed by atoms with Gasteiger partial charge in [0.1, 0.15) is 23.1 Å². The van der Waals surface area contributed by atoms with Gasteiger partial charge in [-0.2, -0.15) is 14.6 Å². The van der Waals surface area contributed by atoms with E-state index >= 15 is 0 Å². The van der Waals surface area contributed by atoms with Gasteiger partial charge >= 0.3 is 0 Å². The molecule has 0 unspecified atom stereocenters. The van der Waals surface area contributed by atoms with E-state index in [1.165, 1.54) is 11.6 Å². The van der Waals surface area contributed by atoms with Gasteiger partial charge in [-0.1, -0.05) is 24.3 Å². The highest BCUT2D eigenvalue weighted by molar-refractivity contribution is 7.90. The molecule has 3 aromatic rings. The van der Waals surface area contributed by atoms with Crippen LogP contribution in [-0.4, -0.2) is 43.2 Å². The molecule has 0 spiro atoms. The molecule has 0 fully saturated rings. The Morgan fingerprint density at radius 3 is 2.51 bits per heavy atom. The Hall–Kier alpha value is -3.75. The van der Waals surface area contributed by atoms with E-state index in [-0.39, 0.29) is 15.9 Å². The molecule has 1 N–H and O–H groups in total. The number of carbonyl (C=O) groups excluding carboxylic acids is 1. The quantitative estimate of drug-likeness (QED) is 0.245. The third kappa shape index (κ3) is 7.37. The minimum atomic E-state index is -3.58. The summed E-state index contributed by atoms with van der Waals surface area (Å²) in [5.74, 6) is 0.812. The fourth-order valence-electron chi connectivity index (χ4n) is 2.86. The summed E-state index contributed by atoms with van der Waals surface area (Å²) in [6.45, 7) is 5.09. The summed E-state index contributed by atoms with van der Waals surface area (Å²) in [7, 11) is -3.58.